The van der Waals surface area contributed by atoms with Gasteiger partial charge in [-0.15, -0.1) is 0 Å². The second-order valence-electron chi connectivity index (χ2n) is 13.1. The number of nitrogens with one attached hydrogen (secondary N) is 2. The zero-order chi connectivity index (χ0) is 33.1. The molecule has 3 aromatic rings. The van der Waals surface area contributed by atoms with Gasteiger partial charge in [0.05, 0.1) is 18.4 Å². The Labute approximate surface area is 263 Å². The van der Waals surface area contributed by atoms with Gasteiger partial charge in [0.1, 0.15) is 22.7 Å². The Morgan fingerprint density at radius 2 is 1.62 bits per heavy atom. The van der Waals surface area contributed by atoms with E-state index in [1.165, 1.54) is 10.7 Å². The van der Waals surface area contributed by atoms with E-state index in [0.717, 1.165) is 17.9 Å². The van der Waals surface area contributed by atoms with Crippen LogP contribution in [0.25, 0.3) is 5.65 Å². The summed E-state index contributed by atoms with van der Waals surface area (Å²) in [5, 5.41) is 21.8. The second kappa shape index (κ2) is 13.3. The Hall–Kier alpha value is -4.39. The number of alkyl carbamates (subject to hydrolysis) is 1. The number of rotatable bonds is 9. The summed E-state index contributed by atoms with van der Waals surface area (Å²) in [4.78, 5) is 49.4. The van der Waals surface area contributed by atoms with Crippen LogP contribution in [0.1, 0.15) is 100 Å². The first-order valence-electron chi connectivity index (χ1n) is 15.2. The van der Waals surface area contributed by atoms with Gasteiger partial charge in [0.15, 0.2) is 11.5 Å². The molecule has 3 N–H and O–H groups in total. The van der Waals surface area contributed by atoms with Crippen LogP contribution in [0.3, 0.4) is 0 Å². The number of amides is 2. The van der Waals surface area contributed by atoms with Gasteiger partial charge < -0.3 is 25.2 Å². The van der Waals surface area contributed by atoms with Gasteiger partial charge >= 0.3 is 12.1 Å². The number of fused-ring (bicyclic) bond motifs is 1. The van der Waals surface area contributed by atoms with E-state index in [0.29, 0.717) is 42.1 Å². The summed E-state index contributed by atoms with van der Waals surface area (Å²) in [7, 11) is 0. The lowest BCUT2D eigenvalue weighted by Gasteiger charge is -2.33. The molecule has 13 heteroatoms. The fourth-order valence-electron chi connectivity index (χ4n) is 5.07. The van der Waals surface area contributed by atoms with Crippen LogP contribution in [-0.2, 0) is 9.57 Å². The Morgan fingerprint density at radius 1 is 1.00 bits per heavy atom. The number of carboxylic acids is 1. The molecule has 1 aliphatic carbocycles. The van der Waals surface area contributed by atoms with Crippen molar-refractivity contribution in [3.63, 3.8) is 0 Å². The van der Waals surface area contributed by atoms with Gasteiger partial charge in [-0.1, -0.05) is 0 Å². The summed E-state index contributed by atoms with van der Waals surface area (Å²) in [6.45, 7) is 15.1. The van der Waals surface area contributed by atoms with E-state index < -0.39 is 29.2 Å². The quantitative estimate of drug-likeness (QED) is 0.250. The third kappa shape index (κ3) is 8.41. The van der Waals surface area contributed by atoms with Crippen molar-refractivity contribution in [2.45, 2.75) is 104 Å². The van der Waals surface area contributed by atoms with E-state index >= 15 is 0 Å². The van der Waals surface area contributed by atoms with Gasteiger partial charge in [0.25, 0.3) is 5.91 Å². The van der Waals surface area contributed by atoms with E-state index in [9.17, 15) is 19.5 Å². The third-order valence-electron chi connectivity index (χ3n) is 7.03. The second-order valence-corrected chi connectivity index (χ2v) is 13.1. The molecular weight excluding hydrogens is 580 g/mol. The fraction of sp³-hybridized carbons (Fsp3) is 0.531. The van der Waals surface area contributed by atoms with Crippen molar-refractivity contribution in [1.29, 1.82) is 0 Å². The molecule has 45 heavy (non-hydrogen) atoms. The maximum Gasteiger partial charge on any atom is 0.407 e. The van der Waals surface area contributed by atoms with Crippen LogP contribution in [0, 0.1) is 6.92 Å². The molecule has 1 fully saturated rings. The molecule has 2 aromatic heterocycles. The number of benzene rings is 1. The van der Waals surface area contributed by atoms with Gasteiger partial charge in [-0.3, -0.25) is 9.63 Å². The minimum Gasteiger partial charge on any atom is -0.494 e. The molecule has 2 amide bonds. The maximum atomic E-state index is 14.1. The first-order valence-corrected chi connectivity index (χ1v) is 15.2. The highest BCUT2D eigenvalue weighted by Gasteiger charge is 2.33. The summed E-state index contributed by atoms with van der Waals surface area (Å²) < 4.78 is 12.3. The highest BCUT2D eigenvalue weighted by atomic mass is 16.7. The van der Waals surface area contributed by atoms with Gasteiger partial charge in [-0.2, -0.15) is 14.7 Å². The van der Waals surface area contributed by atoms with Gasteiger partial charge in [-0.05, 0) is 105 Å². The molecule has 244 valence electrons. The predicted molar refractivity (Wildman–Crippen MR) is 169 cm³/mol. The number of carbonyl (C=O) groups is 3. The summed E-state index contributed by atoms with van der Waals surface area (Å²) in [6, 6.07) is 6.67. The van der Waals surface area contributed by atoms with E-state index in [4.69, 9.17) is 14.3 Å². The SMILES string of the molecule is CCOc1ccc(C(=O)N(OC(C)(C)C)c2c(C)c(N[C@H]3CC[C@H](NC(=O)OC(C)(C)C)CC3)nc3c(C(=O)O)cnn23)cc1. The topological polar surface area (TPSA) is 157 Å². The molecule has 0 radical (unpaired) electrons. The van der Waals surface area contributed by atoms with Gasteiger partial charge in [0.2, 0.25) is 0 Å². The summed E-state index contributed by atoms with van der Waals surface area (Å²) in [5.41, 5.74) is -0.562. The smallest absolute Gasteiger partial charge is 0.407 e. The van der Waals surface area contributed by atoms with Crippen LogP contribution in [0.4, 0.5) is 16.4 Å². The minimum atomic E-state index is -1.20. The molecule has 1 aromatic carbocycles. The van der Waals surface area contributed by atoms with Crippen molar-refractivity contribution in [1.82, 2.24) is 19.9 Å². The summed E-state index contributed by atoms with van der Waals surface area (Å²) >= 11 is 0. The highest BCUT2D eigenvalue weighted by Crippen LogP contribution is 2.33. The van der Waals surface area contributed by atoms with E-state index in [2.05, 4.69) is 20.7 Å². The van der Waals surface area contributed by atoms with Crippen molar-refractivity contribution in [2.24, 2.45) is 0 Å². The first kappa shape index (κ1) is 33.5. The third-order valence-corrected chi connectivity index (χ3v) is 7.03. The molecule has 0 aliphatic heterocycles. The molecule has 1 aliphatic rings. The number of anilines is 2. The Kier molecular flexibility index (Phi) is 9.91. The molecule has 0 bridgehead atoms. The fourth-order valence-corrected chi connectivity index (χ4v) is 5.07. The molecule has 1 saturated carbocycles. The molecule has 4 rings (SSSR count). The molecule has 13 nitrogen and oxygen atoms in total. The number of carbonyl (C=O) groups excluding carboxylic acids is 2. The van der Waals surface area contributed by atoms with Crippen LogP contribution in [0.5, 0.6) is 5.75 Å². The number of nitrogens with zero attached hydrogens (tertiary/aromatic N) is 4. The van der Waals surface area contributed by atoms with Crippen LogP contribution >= 0.6 is 0 Å². The largest absolute Gasteiger partial charge is 0.494 e. The maximum absolute atomic E-state index is 14.1. The van der Waals surface area contributed by atoms with Gasteiger partial charge in [-0.25, -0.2) is 14.6 Å². The van der Waals surface area contributed by atoms with Crippen molar-refractivity contribution in [2.75, 3.05) is 17.0 Å². The number of hydrogen-bond donors (Lipinski definition) is 3. The van der Waals surface area contributed by atoms with Crippen LogP contribution < -0.4 is 20.4 Å². The Bertz CT molecular complexity index is 1530. The van der Waals surface area contributed by atoms with E-state index in [1.807, 2.05) is 48.5 Å². The summed E-state index contributed by atoms with van der Waals surface area (Å²) in [5.74, 6) is -0.417. The molecular formula is C32H44N6O7. The minimum absolute atomic E-state index is 0.0156. The number of aromatic nitrogens is 3. The molecule has 0 spiro atoms. The number of hydrogen-bond acceptors (Lipinski definition) is 9. The zero-order valence-electron chi connectivity index (χ0n) is 27.3. The van der Waals surface area contributed by atoms with Crippen molar-refractivity contribution in [3.8, 4) is 5.75 Å². The lowest BCUT2D eigenvalue weighted by Crippen LogP contribution is -2.42. The van der Waals surface area contributed by atoms with Crippen molar-refractivity contribution >= 4 is 35.3 Å². The Balaban J connectivity index is 1.68. The average Bonchev–Trinajstić information content (AvgIpc) is 3.36. The molecule has 0 unspecified atom stereocenters. The van der Waals surface area contributed by atoms with Gasteiger partial charge in [0, 0.05) is 23.2 Å². The molecule has 0 atom stereocenters. The standard InChI is InChI=1S/C32H44N6O7/c1-9-43-23-16-10-20(11-17-23)28(39)38(45-32(6,7)8)27-19(2)25(36-26-24(29(40)41)18-33-37(26)27)34-21-12-14-22(15-13-21)35-30(42)44-31(3,4)5/h10-11,16-18,21-22H,9,12-15H2,1-8H3,(H,34,36)(H,35,42)(H,40,41)/t21-,22-. The number of carboxylic acid groups (broad SMARTS) is 1. The van der Waals surface area contributed by atoms with Crippen LogP contribution in [-0.4, -0.2) is 67.6 Å². The number of hydroxylamine groups is 1. The predicted octanol–water partition coefficient (Wildman–Crippen LogP) is 5.76. The monoisotopic (exact) mass is 624 g/mol. The van der Waals surface area contributed by atoms with E-state index in [-0.39, 0.29) is 29.1 Å². The normalized spacial score (nSPS) is 17.1. The van der Waals surface area contributed by atoms with Crippen LogP contribution in [0.15, 0.2) is 30.5 Å². The number of aromatic carboxylic acids is 1. The molecule has 2 heterocycles. The lowest BCUT2D eigenvalue weighted by atomic mass is 9.91. The Morgan fingerprint density at radius 3 is 2.18 bits per heavy atom. The molecule has 0 saturated heterocycles. The number of ether oxygens (including phenoxy) is 2. The van der Waals surface area contributed by atoms with Crippen LogP contribution in [0.2, 0.25) is 0 Å². The van der Waals surface area contributed by atoms with E-state index in [1.54, 1.807) is 31.2 Å². The first-order chi connectivity index (χ1) is 21.1. The zero-order valence-corrected chi connectivity index (χ0v) is 27.3. The average molecular weight is 625 g/mol. The van der Waals surface area contributed by atoms with Crippen molar-refractivity contribution < 1.29 is 33.8 Å². The highest BCUT2D eigenvalue weighted by molar-refractivity contribution is 6.05. The lowest BCUT2D eigenvalue weighted by molar-refractivity contribution is -0.0173. The summed E-state index contributed by atoms with van der Waals surface area (Å²) in [6.07, 6.45) is 3.65. The van der Waals surface area contributed by atoms with Crippen molar-refractivity contribution in [3.05, 3.63) is 47.2 Å².